The van der Waals surface area contributed by atoms with Crippen molar-refractivity contribution in [3.8, 4) is 5.75 Å². The van der Waals surface area contributed by atoms with E-state index in [4.69, 9.17) is 14.2 Å². The van der Waals surface area contributed by atoms with Gasteiger partial charge in [0.1, 0.15) is 5.75 Å². The lowest BCUT2D eigenvalue weighted by Gasteiger charge is -2.52. The fraction of sp³-hybridized carbons (Fsp3) is 0.312. The van der Waals surface area contributed by atoms with E-state index in [0.29, 0.717) is 13.2 Å². The first-order valence-corrected chi connectivity index (χ1v) is 14.2. The van der Waals surface area contributed by atoms with Crippen LogP contribution in [-0.4, -0.2) is 55.0 Å². The van der Waals surface area contributed by atoms with Crippen LogP contribution >= 0.6 is 0 Å². The molecule has 1 N–H and O–H groups in total. The number of hydrogen-bond acceptors (Lipinski definition) is 9. The molecule has 3 aromatic rings. The number of hydrogen-bond donors (Lipinski definition) is 1. The molecule has 0 spiro atoms. The molecular weight excluding hydrogens is 568 g/mol. The number of nitrogens with zero attached hydrogens (tertiary/aromatic N) is 3. The predicted octanol–water partition coefficient (Wildman–Crippen LogP) is 3.41. The molecule has 3 aromatic carbocycles. The smallest absolute Gasteiger partial charge is 0.273 e. The first kappa shape index (κ1) is 27.9. The number of carbonyl (C=O) groups excluding carboxylic acids is 3. The van der Waals surface area contributed by atoms with Gasteiger partial charge in [0.15, 0.2) is 5.79 Å². The Morgan fingerprint density at radius 1 is 1.07 bits per heavy atom. The molecule has 2 aliphatic heterocycles. The van der Waals surface area contributed by atoms with Gasteiger partial charge >= 0.3 is 0 Å². The largest absolute Gasteiger partial charge is 0.494 e. The molecule has 0 aromatic heterocycles. The van der Waals surface area contributed by atoms with Crippen LogP contribution in [0.25, 0.3) is 0 Å². The predicted molar refractivity (Wildman–Crippen MR) is 156 cm³/mol. The molecule has 2 bridgehead atoms. The number of hydrazone groups is 1. The monoisotopic (exact) mass is 596 g/mol. The molecule has 8 rings (SSSR count). The second-order valence-corrected chi connectivity index (χ2v) is 11.5. The molecule has 0 unspecified atom stereocenters. The topological polar surface area (TPSA) is 150 Å². The van der Waals surface area contributed by atoms with E-state index in [0.717, 1.165) is 27.2 Å². The van der Waals surface area contributed by atoms with Crippen LogP contribution in [0.4, 0.5) is 11.4 Å². The number of rotatable bonds is 7. The van der Waals surface area contributed by atoms with E-state index >= 15 is 0 Å². The van der Waals surface area contributed by atoms with Crippen LogP contribution in [0.15, 0.2) is 71.8 Å². The molecule has 3 amide bonds. The number of nitro groups is 1. The van der Waals surface area contributed by atoms with Gasteiger partial charge in [-0.05, 0) is 35.2 Å². The molecule has 3 aliphatic carbocycles. The summed E-state index contributed by atoms with van der Waals surface area (Å²) in [5.74, 6) is -4.51. The number of anilines is 1. The average molecular weight is 597 g/mol. The number of carbonyl (C=O) groups is 3. The molecule has 2 heterocycles. The first-order chi connectivity index (χ1) is 21.2. The Kier molecular flexibility index (Phi) is 6.38. The first-order valence-electron chi connectivity index (χ1n) is 14.2. The number of imide groups is 1. The van der Waals surface area contributed by atoms with Crippen LogP contribution in [0.2, 0.25) is 0 Å². The van der Waals surface area contributed by atoms with Crippen molar-refractivity contribution in [2.24, 2.45) is 16.9 Å². The lowest BCUT2D eigenvalue weighted by molar-refractivity contribution is -0.384. The van der Waals surface area contributed by atoms with Gasteiger partial charge in [-0.25, -0.2) is 10.3 Å². The highest BCUT2D eigenvalue weighted by atomic mass is 16.7. The fourth-order valence-corrected chi connectivity index (χ4v) is 7.45. The van der Waals surface area contributed by atoms with E-state index in [-0.39, 0.29) is 23.5 Å². The Morgan fingerprint density at radius 2 is 1.70 bits per heavy atom. The maximum absolute atomic E-state index is 14.6. The number of non-ortho nitro benzene ring substituents is 1. The highest BCUT2D eigenvalue weighted by Crippen LogP contribution is 2.64. The van der Waals surface area contributed by atoms with Crippen LogP contribution in [-0.2, 0) is 29.3 Å². The van der Waals surface area contributed by atoms with Gasteiger partial charge in [-0.2, -0.15) is 5.10 Å². The Balaban J connectivity index is 1.36. The van der Waals surface area contributed by atoms with Gasteiger partial charge in [0.2, 0.25) is 17.7 Å². The van der Waals surface area contributed by atoms with Gasteiger partial charge in [-0.1, -0.05) is 48.5 Å². The summed E-state index contributed by atoms with van der Waals surface area (Å²) in [5, 5.41) is 15.8. The van der Waals surface area contributed by atoms with Gasteiger partial charge in [0.05, 0.1) is 60.7 Å². The van der Waals surface area contributed by atoms with Crippen LogP contribution in [0.5, 0.6) is 5.75 Å². The van der Waals surface area contributed by atoms with E-state index in [9.17, 15) is 24.5 Å². The third kappa shape index (κ3) is 3.91. The molecular formula is C32H28N4O8. The summed E-state index contributed by atoms with van der Waals surface area (Å²) < 4.78 is 16.5. The Bertz CT molecular complexity index is 1720. The minimum Gasteiger partial charge on any atom is -0.494 e. The molecule has 12 heteroatoms. The van der Waals surface area contributed by atoms with E-state index in [1.807, 2.05) is 48.5 Å². The number of methoxy groups -OCH3 is 1. The summed E-state index contributed by atoms with van der Waals surface area (Å²) in [6, 6.07) is 19.1. The summed E-state index contributed by atoms with van der Waals surface area (Å²) in [6.45, 7) is 2.46. The Morgan fingerprint density at radius 3 is 2.32 bits per heavy atom. The number of benzene rings is 3. The zero-order valence-corrected chi connectivity index (χ0v) is 23.9. The summed E-state index contributed by atoms with van der Waals surface area (Å²) in [4.78, 5) is 53.8. The highest BCUT2D eigenvalue weighted by molar-refractivity contribution is 6.25. The fourth-order valence-electron chi connectivity index (χ4n) is 7.45. The molecule has 2 saturated heterocycles. The number of amides is 3. The standard InChI is InChI=1S/C32H28N4O8/c1-31(43-13-14-44-31)16-25(37)34-33-17-32-21-9-5-3-7-19(21)26(20-8-4-6-10-22(20)32)27-28(32)30(39)35(29(27)38)23-12-11-18(36(40)41)15-24(23)42-2/h3-12,15,17,26-28H,13-14,16H2,1-2H3,(H,34,37)/b33-17-/t26?,27-,28+,32?/m0/s1. The minimum atomic E-state index is -1.21. The number of ether oxygens (including phenoxy) is 3. The second kappa shape index (κ2) is 10.1. The Hall–Kier alpha value is -4.94. The van der Waals surface area contributed by atoms with Crippen molar-refractivity contribution < 1.29 is 33.5 Å². The summed E-state index contributed by atoms with van der Waals surface area (Å²) in [6.07, 6.45) is 1.49. The SMILES string of the molecule is COc1cc([N+](=O)[O-])ccc1N1C(=O)[C@H]2C3c4ccccc4C(/C=N\NC(=O)CC4(C)OCCO4)(c4ccccc43)[C@H]2C1=O. The zero-order valence-electron chi connectivity index (χ0n) is 23.9. The van der Waals surface area contributed by atoms with Crippen molar-refractivity contribution in [3.05, 3.63) is 99.1 Å². The molecule has 2 atom stereocenters. The summed E-state index contributed by atoms with van der Waals surface area (Å²) in [7, 11) is 1.33. The highest BCUT2D eigenvalue weighted by Gasteiger charge is 2.68. The molecule has 2 fully saturated rings. The van der Waals surface area contributed by atoms with E-state index in [1.54, 1.807) is 13.1 Å². The quantitative estimate of drug-likeness (QED) is 0.189. The van der Waals surface area contributed by atoms with Gasteiger partial charge in [0.25, 0.3) is 5.69 Å². The van der Waals surface area contributed by atoms with Crippen LogP contribution in [0.3, 0.4) is 0 Å². The van der Waals surface area contributed by atoms with Crippen molar-refractivity contribution >= 4 is 35.3 Å². The number of nitrogens with one attached hydrogen (secondary N) is 1. The van der Waals surface area contributed by atoms with E-state index in [1.165, 1.54) is 25.3 Å². The third-order valence-electron chi connectivity index (χ3n) is 9.14. The van der Waals surface area contributed by atoms with Gasteiger partial charge in [-0.3, -0.25) is 24.5 Å². The van der Waals surface area contributed by atoms with E-state index < -0.39 is 51.6 Å². The van der Waals surface area contributed by atoms with Crippen LogP contribution in [0, 0.1) is 22.0 Å². The third-order valence-corrected chi connectivity index (χ3v) is 9.14. The van der Waals surface area contributed by atoms with Crippen LogP contribution < -0.4 is 15.1 Å². The van der Waals surface area contributed by atoms with Crippen molar-refractivity contribution in [2.45, 2.75) is 30.5 Å². The maximum Gasteiger partial charge on any atom is 0.273 e. The summed E-state index contributed by atoms with van der Waals surface area (Å²) >= 11 is 0. The van der Waals surface area contributed by atoms with Gasteiger partial charge in [0, 0.05) is 18.2 Å². The van der Waals surface area contributed by atoms with E-state index in [2.05, 4.69) is 10.5 Å². The molecule has 12 nitrogen and oxygen atoms in total. The molecule has 0 saturated carbocycles. The molecule has 5 aliphatic rings. The van der Waals surface area contributed by atoms with Crippen molar-refractivity contribution in [2.75, 3.05) is 25.2 Å². The van der Waals surface area contributed by atoms with Crippen molar-refractivity contribution in [3.63, 3.8) is 0 Å². The molecule has 44 heavy (non-hydrogen) atoms. The average Bonchev–Trinajstić information content (AvgIpc) is 3.57. The normalized spacial score (nSPS) is 26.0. The minimum absolute atomic E-state index is 0.0294. The van der Waals surface area contributed by atoms with Gasteiger partial charge in [-0.15, -0.1) is 0 Å². The summed E-state index contributed by atoms with van der Waals surface area (Å²) in [5.41, 5.74) is 4.68. The van der Waals surface area contributed by atoms with Crippen LogP contribution in [0.1, 0.15) is 41.5 Å². The Labute approximate surface area is 251 Å². The lowest BCUT2D eigenvalue weighted by Crippen LogP contribution is -2.54. The van der Waals surface area contributed by atoms with Crippen molar-refractivity contribution in [1.29, 1.82) is 0 Å². The molecule has 0 radical (unpaired) electrons. The van der Waals surface area contributed by atoms with Gasteiger partial charge < -0.3 is 14.2 Å². The lowest BCUT2D eigenvalue weighted by atomic mass is 9.47. The van der Waals surface area contributed by atoms with Crippen molar-refractivity contribution in [1.82, 2.24) is 5.43 Å². The molecule has 224 valence electrons. The number of nitro benzene ring substituents is 1. The maximum atomic E-state index is 14.6. The second-order valence-electron chi connectivity index (χ2n) is 11.5. The zero-order chi connectivity index (χ0) is 30.8.